The van der Waals surface area contributed by atoms with Crippen LogP contribution < -0.4 is 11.1 Å². The van der Waals surface area contributed by atoms with Crippen molar-refractivity contribution in [2.24, 2.45) is 11.7 Å². The second-order valence-electron chi connectivity index (χ2n) is 6.60. The largest absolute Gasteiger partial charge is 0.379 e. The van der Waals surface area contributed by atoms with Gasteiger partial charge in [-0.05, 0) is 44.9 Å². The van der Waals surface area contributed by atoms with E-state index in [9.17, 15) is 4.79 Å². The maximum absolute atomic E-state index is 12.0. The van der Waals surface area contributed by atoms with E-state index in [2.05, 4.69) is 12.2 Å². The number of nitrogens with two attached hydrogens (primary N) is 1. The van der Waals surface area contributed by atoms with Crippen molar-refractivity contribution in [2.75, 3.05) is 13.2 Å². The van der Waals surface area contributed by atoms with Crippen molar-refractivity contribution in [3.63, 3.8) is 0 Å². The molecule has 1 amide bonds. The summed E-state index contributed by atoms with van der Waals surface area (Å²) in [5.74, 6) is 0.817. The summed E-state index contributed by atoms with van der Waals surface area (Å²) in [5.41, 5.74) is 5.83. The SMILES string of the molecule is CC1(NC(=O)CCC2CCCC(N)C2)CCCOC1. The highest BCUT2D eigenvalue weighted by molar-refractivity contribution is 5.76. The van der Waals surface area contributed by atoms with Crippen LogP contribution in [0, 0.1) is 5.92 Å². The van der Waals surface area contributed by atoms with Crippen LogP contribution in [0.1, 0.15) is 58.3 Å². The van der Waals surface area contributed by atoms with Gasteiger partial charge in [-0.25, -0.2) is 0 Å². The summed E-state index contributed by atoms with van der Waals surface area (Å²) in [5, 5.41) is 3.15. The Morgan fingerprint density at radius 3 is 2.95 bits per heavy atom. The number of rotatable bonds is 4. The third-order valence-electron chi connectivity index (χ3n) is 4.48. The first kappa shape index (κ1) is 14.8. The zero-order valence-corrected chi connectivity index (χ0v) is 12.1. The Balaban J connectivity index is 1.69. The molecule has 3 unspecified atom stereocenters. The van der Waals surface area contributed by atoms with E-state index in [0.717, 1.165) is 38.7 Å². The van der Waals surface area contributed by atoms with Gasteiger partial charge in [-0.3, -0.25) is 4.79 Å². The molecule has 4 nitrogen and oxygen atoms in total. The Morgan fingerprint density at radius 1 is 1.42 bits per heavy atom. The van der Waals surface area contributed by atoms with Crippen LogP contribution >= 0.6 is 0 Å². The monoisotopic (exact) mass is 268 g/mol. The zero-order chi connectivity index (χ0) is 13.7. The van der Waals surface area contributed by atoms with Gasteiger partial charge in [0.2, 0.25) is 5.91 Å². The lowest BCUT2D eigenvalue weighted by Gasteiger charge is -2.34. The van der Waals surface area contributed by atoms with Crippen LogP contribution in [-0.2, 0) is 9.53 Å². The van der Waals surface area contributed by atoms with Crippen molar-refractivity contribution in [1.82, 2.24) is 5.32 Å². The number of nitrogens with one attached hydrogen (secondary N) is 1. The molecule has 2 aliphatic rings. The minimum Gasteiger partial charge on any atom is -0.379 e. The van der Waals surface area contributed by atoms with Crippen LogP contribution in [0.15, 0.2) is 0 Å². The maximum Gasteiger partial charge on any atom is 0.220 e. The molecule has 0 aromatic heterocycles. The van der Waals surface area contributed by atoms with Crippen molar-refractivity contribution in [3.05, 3.63) is 0 Å². The molecule has 4 heteroatoms. The van der Waals surface area contributed by atoms with Crippen LogP contribution in [0.2, 0.25) is 0 Å². The van der Waals surface area contributed by atoms with Crippen LogP contribution in [0.5, 0.6) is 0 Å². The van der Waals surface area contributed by atoms with Gasteiger partial charge in [-0.1, -0.05) is 12.8 Å². The highest BCUT2D eigenvalue weighted by Crippen LogP contribution is 2.27. The fourth-order valence-corrected chi connectivity index (χ4v) is 3.36. The summed E-state index contributed by atoms with van der Waals surface area (Å²) < 4.78 is 5.46. The van der Waals surface area contributed by atoms with Gasteiger partial charge in [0, 0.05) is 19.1 Å². The molecule has 3 atom stereocenters. The average Bonchev–Trinajstić information content (AvgIpc) is 2.37. The first-order chi connectivity index (χ1) is 9.07. The lowest BCUT2D eigenvalue weighted by molar-refractivity contribution is -0.125. The fraction of sp³-hybridized carbons (Fsp3) is 0.933. The smallest absolute Gasteiger partial charge is 0.220 e. The first-order valence-electron chi connectivity index (χ1n) is 7.72. The van der Waals surface area contributed by atoms with Crippen LogP contribution in [0.4, 0.5) is 0 Å². The molecule has 19 heavy (non-hydrogen) atoms. The van der Waals surface area contributed by atoms with Gasteiger partial charge >= 0.3 is 0 Å². The van der Waals surface area contributed by atoms with E-state index in [1.807, 2.05) is 0 Å². The predicted molar refractivity (Wildman–Crippen MR) is 75.8 cm³/mol. The molecule has 0 bridgehead atoms. The molecule has 1 saturated heterocycles. The van der Waals surface area contributed by atoms with E-state index in [0.29, 0.717) is 25.0 Å². The molecular formula is C15H28N2O2. The second kappa shape index (κ2) is 6.71. The molecule has 0 radical (unpaired) electrons. The third-order valence-corrected chi connectivity index (χ3v) is 4.48. The summed E-state index contributed by atoms with van der Waals surface area (Å²) in [6.07, 6.45) is 8.37. The zero-order valence-electron chi connectivity index (χ0n) is 12.1. The number of hydrogen-bond donors (Lipinski definition) is 2. The average molecular weight is 268 g/mol. The van der Waals surface area contributed by atoms with Crippen molar-refractivity contribution in [1.29, 1.82) is 0 Å². The highest BCUT2D eigenvalue weighted by Gasteiger charge is 2.29. The molecule has 0 spiro atoms. The first-order valence-corrected chi connectivity index (χ1v) is 7.72. The number of amides is 1. The predicted octanol–water partition coefficient (Wildman–Crippen LogP) is 1.97. The quantitative estimate of drug-likeness (QED) is 0.819. The summed E-state index contributed by atoms with van der Waals surface area (Å²) in [7, 11) is 0. The Hall–Kier alpha value is -0.610. The molecule has 2 fully saturated rings. The molecule has 1 saturated carbocycles. The van der Waals surface area contributed by atoms with Crippen molar-refractivity contribution in [2.45, 2.75) is 69.9 Å². The van der Waals surface area contributed by atoms with Gasteiger partial charge in [0.15, 0.2) is 0 Å². The van der Waals surface area contributed by atoms with E-state index < -0.39 is 0 Å². The summed E-state index contributed by atoms with van der Waals surface area (Å²) >= 11 is 0. The molecule has 0 aromatic rings. The third kappa shape index (κ3) is 4.77. The Kier molecular flexibility index (Phi) is 5.22. The molecular weight excluding hydrogens is 240 g/mol. The summed E-state index contributed by atoms with van der Waals surface area (Å²) in [6, 6.07) is 0.353. The van der Waals surface area contributed by atoms with Gasteiger partial charge < -0.3 is 15.8 Å². The van der Waals surface area contributed by atoms with Gasteiger partial charge in [0.25, 0.3) is 0 Å². The van der Waals surface area contributed by atoms with Gasteiger partial charge in [-0.15, -0.1) is 0 Å². The van der Waals surface area contributed by atoms with Crippen molar-refractivity contribution < 1.29 is 9.53 Å². The van der Waals surface area contributed by atoms with E-state index in [1.165, 1.54) is 12.8 Å². The number of carbonyl (C=O) groups excluding carboxylic acids is 1. The molecule has 2 rings (SSSR count). The topological polar surface area (TPSA) is 64.4 Å². The van der Waals surface area contributed by atoms with Gasteiger partial charge in [0.1, 0.15) is 0 Å². The Labute approximate surface area is 116 Å². The second-order valence-corrected chi connectivity index (χ2v) is 6.60. The normalized spacial score (nSPS) is 35.9. The fourth-order valence-electron chi connectivity index (χ4n) is 3.36. The lowest BCUT2D eigenvalue weighted by Crippen LogP contribution is -2.51. The number of hydrogen-bond acceptors (Lipinski definition) is 3. The summed E-state index contributed by atoms with van der Waals surface area (Å²) in [4.78, 5) is 12.0. The molecule has 1 aliphatic heterocycles. The van der Waals surface area contributed by atoms with Crippen molar-refractivity contribution >= 4 is 5.91 Å². The van der Waals surface area contributed by atoms with Crippen LogP contribution in [0.3, 0.4) is 0 Å². The maximum atomic E-state index is 12.0. The molecule has 0 aromatic carbocycles. The standard InChI is InChI=1S/C15H28N2O2/c1-15(8-3-9-19-11-15)17-14(18)7-6-12-4-2-5-13(16)10-12/h12-13H,2-11,16H2,1H3,(H,17,18). The van der Waals surface area contributed by atoms with Crippen LogP contribution in [-0.4, -0.2) is 30.7 Å². The van der Waals surface area contributed by atoms with E-state index in [1.54, 1.807) is 0 Å². The molecule has 1 aliphatic carbocycles. The Bertz CT molecular complexity index is 301. The molecule has 1 heterocycles. The molecule has 110 valence electrons. The summed E-state index contributed by atoms with van der Waals surface area (Å²) in [6.45, 7) is 3.55. The van der Waals surface area contributed by atoms with Gasteiger partial charge in [0.05, 0.1) is 12.1 Å². The van der Waals surface area contributed by atoms with Crippen LogP contribution in [0.25, 0.3) is 0 Å². The minimum atomic E-state index is -0.154. The number of ether oxygens (including phenoxy) is 1. The van der Waals surface area contributed by atoms with E-state index in [4.69, 9.17) is 10.5 Å². The van der Waals surface area contributed by atoms with Gasteiger partial charge in [-0.2, -0.15) is 0 Å². The molecule has 3 N–H and O–H groups in total. The highest BCUT2D eigenvalue weighted by atomic mass is 16.5. The minimum absolute atomic E-state index is 0.154. The van der Waals surface area contributed by atoms with Crippen molar-refractivity contribution in [3.8, 4) is 0 Å². The Morgan fingerprint density at radius 2 is 2.26 bits per heavy atom. The number of carbonyl (C=O) groups is 1. The van der Waals surface area contributed by atoms with E-state index >= 15 is 0 Å². The van der Waals surface area contributed by atoms with E-state index in [-0.39, 0.29) is 11.4 Å². The lowest BCUT2D eigenvalue weighted by atomic mass is 9.83.